The molecule has 168 valence electrons. The van der Waals surface area contributed by atoms with Crippen molar-refractivity contribution in [1.29, 1.82) is 0 Å². The quantitative estimate of drug-likeness (QED) is 0.734. The highest BCUT2D eigenvalue weighted by molar-refractivity contribution is 8.14. The van der Waals surface area contributed by atoms with Gasteiger partial charge in [-0.1, -0.05) is 23.9 Å². The number of nitrogens with zero attached hydrogens (tertiary/aromatic N) is 2. The number of ether oxygens (including phenoxy) is 1. The lowest BCUT2D eigenvalue weighted by atomic mass is 10.1. The topological polar surface area (TPSA) is 79.0 Å². The average Bonchev–Trinajstić information content (AvgIpc) is 3.05. The minimum Gasteiger partial charge on any atom is -0.372 e. The highest BCUT2D eigenvalue weighted by Gasteiger charge is 2.30. The number of carbonyl (C=O) groups excluding carboxylic acids is 3. The summed E-state index contributed by atoms with van der Waals surface area (Å²) in [7, 11) is 0. The van der Waals surface area contributed by atoms with E-state index in [-0.39, 0.29) is 35.7 Å². The molecule has 2 aromatic rings. The summed E-state index contributed by atoms with van der Waals surface area (Å²) in [5, 5.41) is 2.42. The van der Waals surface area contributed by atoms with Gasteiger partial charge in [0.05, 0.1) is 30.2 Å². The van der Waals surface area contributed by atoms with Crippen molar-refractivity contribution in [1.82, 2.24) is 4.90 Å². The fraction of sp³-hybridized carbons (Fsp3) is 0.348. The van der Waals surface area contributed by atoms with Gasteiger partial charge in [0.25, 0.3) is 11.1 Å². The minimum absolute atomic E-state index is 0.00884. The van der Waals surface area contributed by atoms with Crippen LogP contribution in [0.4, 0.5) is 20.6 Å². The van der Waals surface area contributed by atoms with Crippen LogP contribution >= 0.6 is 11.8 Å². The third-order valence-electron chi connectivity index (χ3n) is 5.34. The predicted molar refractivity (Wildman–Crippen MR) is 121 cm³/mol. The van der Waals surface area contributed by atoms with Crippen LogP contribution in [0.25, 0.3) is 0 Å². The van der Waals surface area contributed by atoms with Crippen molar-refractivity contribution in [3.63, 3.8) is 0 Å². The van der Waals surface area contributed by atoms with Crippen LogP contribution in [0.2, 0.25) is 0 Å². The van der Waals surface area contributed by atoms with Gasteiger partial charge in [-0.3, -0.25) is 19.3 Å². The van der Waals surface area contributed by atoms with Crippen LogP contribution in [-0.2, 0) is 16.1 Å². The van der Waals surface area contributed by atoms with E-state index in [2.05, 4.69) is 5.32 Å². The number of carbonyl (C=O) groups is 3. The number of hydrogen-bond donors (Lipinski definition) is 1. The summed E-state index contributed by atoms with van der Waals surface area (Å²) >= 11 is 0.970. The molecule has 0 bridgehead atoms. The molecular formula is C23H24FN3O4S. The minimum atomic E-state index is -0.415. The Labute approximate surface area is 189 Å². The Morgan fingerprint density at radius 1 is 1.16 bits per heavy atom. The lowest BCUT2D eigenvalue weighted by Crippen LogP contribution is -2.45. The van der Waals surface area contributed by atoms with Crippen molar-refractivity contribution in [2.45, 2.75) is 32.6 Å². The Balaban J connectivity index is 1.44. The van der Waals surface area contributed by atoms with Gasteiger partial charge in [0.15, 0.2) is 0 Å². The molecule has 0 aromatic heterocycles. The smallest absolute Gasteiger partial charge is 0.289 e. The molecule has 2 fully saturated rings. The van der Waals surface area contributed by atoms with Gasteiger partial charge in [0.2, 0.25) is 5.91 Å². The first kappa shape index (κ1) is 22.3. The molecule has 2 aromatic carbocycles. The van der Waals surface area contributed by atoms with Gasteiger partial charge in [-0.2, -0.15) is 0 Å². The number of imide groups is 1. The van der Waals surface area contributed by atoms with Crippen LogP contribution in [0.15, 0.2) is 42.5 Å². The third kappa shape index (κ3) is 4.94. The Morgan fingerprint density at radius 2 is 1.91 bits per heavy atom. The number of anilines is 2. The monoisotopic (exact) mass is 457 g/mol. The van der Waals surface area contributed by atoms with Crippen LogP contribution in [0, 0.1) is 5.82 Å². The Bertz CT molecular complexity index is 1040. The molecule has 2 atom stereocenters. The van der Waals surface area contributed by atoms with Gasteiger partial charge >= 0.3 is 0 Å². The number of nitrogens with one attached hydrogen (secondary N) is 1. The maximum Gasteiger partial charge on any atom is 0.289 e. The lowest BCUT2D eigenvalue weighted by molar-refractivity contribution is -0.125. The van der Waals surface area contributed by atoms with E-state index in [1.54, 1.807) is 36.4 Å². The largest absolute Gasteiger partial charge is 0.372 e. The molecule has 2 aliphatic rings. The van der Waals surface area contributed by atoms with Gasteiger partial charge in [-0.15, -0.1) is 0 Å². The maximum absolute atomic E-state index is 14.8. The molecule has 0 aliphatic carbocycles. The number of rotatable bonds is 5. The molecule has 4 rings (SSSR count). The van der Waals surface area contributed by atoms with Gasteiger partial charge < -0.3 is 15.0 Å². The van der Waals surface area contributed by atoms with Crippen molar-refractivity contribution in [2.75, 3.05) is 29.1 Å². The van der Waals surface area contributed by atoms with Gasteiger partial charge in [-0.05, 0) is 49.7 Å². The van der Waals surface area contributed by atoms with Gasteiger partial charge in [0, 0.05) is 24.3 Å². The molecule has 0 saturated carbocycles. The van der Waals surface area contributed by atoms with E-state index in [9.17, 15) is 18.8 Å². The molecule has 9 heteroatoms. The number of benzene rings is 2. The third-order valence-corrected chi connectivity index (χ3v) is 6.19. The summed E-state index contributed by atoms with van der Waals surface area (Å²) < 4.78 is 20.5. The molecule has 2 heterocycles. The Morgan fingerprint density at radius 3 is 2.56 bits per heavy atom. The molecule has 2 aliphatic heterocycles. The van der Waals surface area contributed by atoms with E-state index in [0.717, 1.165) is 11.8 Å². The molecule has 0 radical (unpaired) electrons. The second-order valence-electron chi connectivity index (χ2n) is 8.02. The van der Waals surface area contributed by atoms with Crippen molar-refractivity contribution in [2.24, 2.45) is 0 Å². The molecule has 0 spiro atoms. The van der Waals surface area contributed by atoms with Crippen LogP contribution < -0.4 is 10.2 Å². The first-order valence-electron chi connectivity index (χ1n) is 10.4. The number of amides is 3. The molecular weight excluding hydrogens is 433 g/mol. The zero-order valence-corrected chi connectivity index (χ0v) is 18.7. The van der Waals surface area contributed by atoms with Crippen LogP contribution in [0.3, 0.4) is 0 Å². The molecule has 32 heavy (non-hydrogen) atoms. The first-order chi connectivity index (χ1) is 15.3. The van der Waals surface area contributed by atoms with Crippen molar-refractivity contribution in [3.05, 3.63) is 59.4 Å². The molecule has 2 saturated heterocycles. The van der Waals surface area contributed by atoms with Crippen LogP contribution in [-0.4, -0.2) is 53.0 Å². The average molecular weight is 458 g/mol. The summed E-state index contributed by atoms with van der Waals surface area (Å²) in [6.45, 7) is 5.22. The predicted octanol–water partition coefficient (Wildman–Crippen LogP) is 3.89. The molecule has 2 unspecified atom stereocenters. The summed E-state index contributed by atoms with van der Waals surface area (Å²) in [5.41, 5.74) is 1.84. The molecule has 1 N–H and O–H groups in total. The fourth-order valence-electron chi connectivity index (χ4n) is 3.95. The number of morpholine rings is 1. The van der Waals surface area contributed by atoms with Crippen molar-refractivity contribution < 1.29 is 23.5 Å². The first-order valence-corrected chi connectivity index (χ1v) is 11.4. The highest BCUT2D eigenvalue weighted by Crippen LogP contribution is 2.27. The van der Waals surface area contributed by atoms with Crippen molar-refractivity contribution in [3.8, 4) is 0 Å². The molecule has 7 nitrogen and oxygen atoms in total. The number of halogens is 1. The van der Waals surface area contributed by atoms with E-state index in [1.807, 2.05) is 18.7 Å². The summed E-state index contributed by atoms with van der Waals surface area (Å²) in [4.78, 5) is 39.4. The normalized spacial score (nSPS) is 21.2. The summed E-state index contributed by atoms with van der Waals surface area (Å²) in [6, 6.07) is 11.3. The molecule has 3 amide bonds. The number of hydrogen-bond acceptors (Lipinski definition) is 6. The van der Waals surface area contributed by atoms with E-state index in [0.29, 0.717) is 35.6 Å². The van der Waals surface area contributed by atoms with E-state index < -0.39 is 11.7 Å². The van der Waals surface area contributed by atoms with E-state index >= 15 is 0 Å². The zero-order chi connectivity index (χ0) is 22.8. The standard InChI is InChI=1S/C23H24FN3O4S/c1-14-10-26(11-15(2)31-14)20-7-6-18(9-19(20)24)25-22(29)17-5-3-4-16(8-17)12-27-21(28)13-32-23(27)30/h3-9,14-15H,10-13H2,1-2H3,(H,25,29). The summed E-state index contributed by atoms with van der Waals surface area (Å²) in [5.74, 6) is -0.917. The van der Waals surface area contributed by atoms with E-state index in [1.165, 1.54) is 11.0 Å². The Hall–Kier alpha value is -2.91. The van der Waals surface area contributed by atoms with Crippen LogP contribution in [0.5, 0.6) is 0 Å². The van der Waals surface area contributed by atoms with Gasteiger partial charge in [-0.25, -0.2) is 4.39 Å². The lowest BCUT2D eigenvalue weighted by Gasteiger charge is -2.37. The summed E-state index contributed by atoms with van der Waals surface area (Å²) in [6.07, 6.45) is 0.0177. The second kappa shape index (κ2) is 9.30. The Kier molecular flexibility index (Phi) is 6.48. The number of thioether (sulfide) groups is 1. The maximum atomic E-state index is 14.8. The van der Waals surface area contributed by atoms with E-state index in [4.69, 9.17) is 4.74 Å². The SMILES string of the molecule is CC1CN(c2ccc(NC(=O)c3cccc(CN4C(=O)CSC4=O)c3)cc2F)CC(C)O1. The zero-order valence-electron chi connectivity index (χ0n) is 17.8. The highest BCUT2D eigenvalue weighted by atomic mass is 32.2. The fourth-order valence-corrected chi connectivity index (χ4v) is 4.67. The van der Waals surface area contributed by atoms with Crippen LogP contribution in [0.1, 0.15) is 29.8 Å². The van der Waals surface area contributed by atoms with Crippen molar-refractivity contribution >= 4 is 40.2 Å². The second-order valence-corrected chi connectivity index (χ2v) is 8.94. The van der Waals surface area contributed by atoms with Gasteiger partial charge in [0.1, 0.15) is 5.82 Å².